The molecule has 0 amide bonds. The number of oxazole rings is 1. The van der Waals surface area contributed by atoms with Crippen LogP contribution in [0.1, 0.15) is 23.4 Å². The molecule has 0 bridgehead atoms. The van der Waals surface area contributed by atoms with Gasteiger partial charge in [-0.25, -0.2) is 4.79 Å². The number of nitrogens with zero attached hydrogens (tertiary/aromatic N) is 2. The third-order valence-electron chi connectivity index (χ3n) is 4.36. The average molecular weight is 335 g/mol. The molecule has 6 heteroatoms. The van der Waals surface area contributed by atoms with Crippen molar-refractivity contribution in [2.75, 3.05) is 6.54 Å². The SMILES string of the molecule is C[C@H]1c2ccsc2CCN1Cn1c(=O)oc2cc(Cl)ccc21. The highest BCUT2D eigenvalue weighted by molar-refractivity contribution is 7.10. The lowest BCUT2D eigenvalue weighted by molar-refractivity contribution is 0.151. The van der Waals surface area contributed by atoms with Gasteiger partial charge >= 0.3 is 5.76 Å². The van der Waals surface area contributed by atoms with Gasteiger partial charge in [0.1, 0.15) is 0 Å². The maximum atomic E-state index is 12.2. The van der Waals surface area contributed by atoms with Crippen molar-refractivity contribution in [2.45, 2.75) is 26.1 Å². The maximum Gasteiger partial charge on any atom is 0.421 e. The summed E-state index contributed by atoms with van der Waals surface area (Å²) in [6, 6.07) is 7.80. The second-order valence-corrected chi connectivity index (χ2v) is 7.02. The molecule has 0 unspecified atom stereocenters. The first kappa shape index (κ1) is 14.1. The standard InChI is InChI=1S/C16H15ClN2O2S/c1-10-12-5-7-22-15(12)4-6-18(10)9-19-13-3-2-11(17)8-14(13)21-16(19)20/h2-3,5,7-8,10H,4,6,9H2,1H3/t10-/m0/s1. The quantitative estimate of drug-likeness (QED) is 0.713. The van der Waals surface area contributed by atoms with Crippen molar-refractivity contribution in [3.63, 3.8) is 0 Å². The second-order valence-electron chi connectivity index (χ2n) is 5.59. The number of thiophene rings is 1. The fraction of sp³-hybridized carbons (Fsp3) is 0.312. The van der Waals surface area contributed by atoms with E-state index < -0.39 is 0 Å². The highest BCUT2D eigenvalue weighted by atomic mass is 35.5. The summed E-state index contributed by atoms with van der Waals surface area (Å²) >= 11 is 7.78. The number of rotatable bonds is 2. The Kier molecular flexibility index (Phi) is 3.36. The summed E-state index contributed by atoms with van der Waals surface area (Å²) in [5, 5.41) is 2.72. The molecule has 2 aromatic heterocycles. The van der Waals surface area contributed by atoms with Crippen LogP contribution in [0, 0.1) is 0 Å². The van der Waals surface area contributed by atoms with Crippen molar-refractivity contribution in [1.82, 2.24) is 9.47 Å². The topological polar surface area (TPSA) is 38.4 Å². The predicted molar refractivity (Wildman–Crippen MR) is 88.6 cm³/mol. The highest BCUT2D eigenvalue weighted by Crippen LogP contribution is 2.33. The molecule has 1 aliphatic heterocycles. The Morgan fingerprint density at radius 1 is 1.41 bits per heavy atom. The first-order valence-electron chi connectivity index (χ1n) is 7.22. The van der Waals surface area contributed by atoms with Crippen molar-refractivity contribution >= 4 is 34.0 Å². The molecule has 22 heavy (non-hydrogen) atoms. The monoisotopic (exact) mass is 334 g/mol. The van der Waals surface area contributed by atoms with E-state index in [0.29, 0.717) is 23.3 Å². The van der Waals surface area contributed by atoms with E-state index in [1.165, 1.54) is 10.4 Å². The molecule has 0 saturated heterocycles. The molecule has 4 nitrogen and oxygen atoms in total. The lowest BCUT2D eigenvalue weighted by Gasteiger charge is -2.33. The van der Waals surface area contributed by atoms with Crippen LogP contribution >= 0.6 is 22.9 Å². The number of hydrogen-bond acceptors (Lipinski definition) is 4. The minimum absolute atomic E-state index is 0.305. The van der Waals surface area contributed by atoms with E-state index in [1.54, 1.807) is 16.7 Å². The average Bonchev–Trinajstić information content (AvgIpc) is 3.07. The van der Waals surface area contributed by atoms with Gasteiger partial charge in [0.25, 0.3) is 0 Å². The molecule has 1 aliphatic rings. The second kappa shape index (κ2) is 5.26. The van der Waals surface area contributed by atoms with E-state index in [0.717, 1.165) is 18.5 Å². The summed E-state index contributed by atoms with van der Waals surface area (Å²) in [4.78, 5) is 15.9. The van der Waals surface area contributed by atoms with Crippen molar-refractivity contribution in [3.8, 4) is 0 Å². The van der Waals surface area contributed by atoms with Crippen LogP contribution in [-0.4, -0.2) is 16.0 Å². The third-order valence-corrected chi connectivity index (χ3v) is 5.59. The number of aromatic nitrogens is 1. The number of fused-ring (bicyclic) bond motifs is 2. The normalized spacial score (nSPS) is 18.7. The smallest absolute Gasteiger partial charge is 0.408 e. The van der Waals surface area contributed by atoms with Gasteiger partial charge in [0.15, 0.2) is 5.58 Å². The van der Waals surface area contributed by atoms with Gasteiger partial charge in [0.05, 0.1) is 12.2 Å². The zero-order chi connectivity index (χ0) is 15.3. The molecule has 0 N–H and O–H groups in total. The Bertz CT molecular complexity index is 895. The maximum absolute atomic E-state index is 12.2. The van der Waals surface area contributed by atoms with Crippen LogP contribution < -0.4 is 5.76 Å². The summed E-state index contributed by atoms with van der Waals surface area (Å²) in [6.07, 6.45) is 1.04. The molecule has 0 aliphatic carbocycles. The summed E-state index contributed by atoms with van der Waals surface area (Å²) in [7, 11) is 0. The molecule has 0 radical (unpaired) electrons. The van der Waals surface area contributed by atoms with Gasteiger partial charge in [-0.3, -0.25) is 9.47 Å². The summed E-state index contributed by atoms with van der Waals surface area (Å²) in [5.41, 5.74) is 2.70. The largest absolute Gasteiger partial charge is 0.421 e. The van der Waals surface area contributed by atoms with Crippen molar-refractivity contribution < 1.29 is 4.42 Å². The third kappa shape index (κ3) is 2.20. The van der Waals surface area contributed by atoms with E-state index in [4.69, 9.17) is 16.0 Å². The molecule has 0 spiro atoms. The van der Waals surface area contributed by atoms with Crippen molar-refractivity contribution in [2.24, 2.45) is 0 Å². The van der Waals surface area contributed by atoms with E-state index in [2.05, 4.69) is 23.3 Å². The highest BCUT2D eigenvalue weighted by Gasteiger charge is 2.25. The van der Waals surface area contributed by atoms with Gasteiger partial charge in [-0.1, -0.05) is 11.6 Å². The van der Waals surface area contributed by atoms with Gasteiger partial charge in [0.2, 0.25) is 0 Å². The molecular formula is C16H15ClN2O2S. The molecule has 3 heterocycles. The number of halogens is 1. The molecule has 114 valence electrons. The predicted octanol–water partition coefficient (Wildman–Crippen LogP) is 3.89. The van der Waals surface area contributed by atoms with Crippen LogP contribution in [0.5, 0.6) is 0 Å². The summed E-state index contributed by atoms with van der Waals surface area (Å²) in [5.74, 6) is -0.333. The molecule has 1 atom stereocenters. The lowest BCUT2D eigenvalue weighted by atomic mass is 10.0. The van der Waals surface area contributed by atoms with E-state index in [9.17, 15) is 4.79 Å². The van der Waals surface area contributed by atoms with Gasteiger partial charge < -0.3 is 4.42 Å². The first-order valence-corrected chi connectivity index (χ1v) is 8.48. The minimum Gasteiger partial charge on any atom is -0.408 e. The van der Waals surface area contributed by atoms with Gasteiger partial charge in [0, 0.05) is 28.6 Å². The van der Waals surface area contributed by atoms with Crippen LogP contribution in [0.15, 0.2) is 38.9 Å². The number of hydrogen-bond donors (Lipinski definition) is 0. The Morgan fingerprint density at radius 3 is 3.14 bits per heavy atom. The number of benzene rings is 1. The molecule has 1 aromatic carbocycles. The zero-order valence-electron chi connectivity index (χ0n) is 12.1. The summed E-state index contributed by atoms with van der Waals surface area (Å²) < 4.78 is 6.99. The summed E-state index contributed by atoms with van der Waals surface area (Å²) in [6.45, 7) is 3.67. The zero-order valence-corrected chi connectivity index (χ0v) is 13.7. The Hall–Kier alpha value is -1.56. The van der Waals surface area contributed by atoms with E-state index in [-0.39, 0.29) is 5.76 Å². The molecule has 4 rings (SSSR count). The Morgan fingerprint density at radius 2 is 2.27 bits per heavy atom. The minimum atomic E-state index is -0.333. The van der Waals surface area contributed by atoms with Crippen LogP contribution in [0.4, 0.5) is 0 Å². The van der Waals surface area contributed by atoms with Gasteiger partial charge in [-0.05, 0) is 42.5 Å². The van der Waals surface area contributed by atoms with E-state index in [1.807, 2.05) is 17.4 Å². The van der Waals surface area contributed by atoms with E-state index >= 15 is 0 Å². The molecule has 0 saturated carbocycles. The van der Waals surface area contributed by atoms with Crippen molar-refractivity contribution in [3.05, 3.63) is 55.7 Å². The van der Waals surface area contributed by atoms with Crippen LogP contribution in [0.2, 0.25) is 5.02 Å². The molecule has 3 aromatic rings. The fourth-order valence-corrected chi connectivity index (χ4v) is 4.24. The Labute approximate surface area is 136 Å². The molecule has 0 fully saturated rings. The Balaban J connectivity index is 1.70. The fourth-order valence-electron chi connectivity index (χ4n) is 3.11. The van der Waals surface area contributed by atoms with Crippen molar-refractivity contribution in [1.29, 1.82) is 0 Å². The van der Waals surface area contributed by atoms with Crippen LogP contribution in [-0.2, 0) is 13.1 Å². The van der Waals surface area contributed by atoms with Crippen LogP contribution in [0.3, 0.4) is 0 Å². The van der Waals surface area contributed by atoms with Crippen LogP contribution in [0.25, 0.3) is 11.1 Å². The lowest BCUT2D eigenvalue weighted by Crippen LogP contribution is -2.36. The molecular weight excluding hydrogens is 320 g/mol. The first-order chi connectivity index (χ1) is 10.6. The van der Waals surface area contributed by atoms with Gasteiger partial charge in [-0.15, -0.1) is 11.3 Å². The van der Waals surface area contributed by atoms with Gasteiger partial charge in [-0.2, -0.15) is 0 Å².